The maximum absolute atomic E-state index is 13.3. The van der Waals surface area contributed by atoms with E-state index in [0.29, 0.717) is 28.2 Å². The molecule has 7 nitrogen and oxygen atoms in total. The summed E-state index contributed by atoms with van der Waals surface area (Å²) in [4.78, 5) is 20.8. The van der Waals surface area contributed by atoms with Gasteiger partial charge in [-0.05, 0) is 43.2 Å². The van der Waals surface area contributed by atoms with Crippen molar-refractivity contribution in [2.24, 2.45) is 5.92 Å². The van der Waals surface area contributed by atoms with Gasteiger partial charge in [-0.1, -0.05) is 11.3 Å². The van der Waals surface area contributed by atoms with Crippen LogP contribution in [0, 0.1) is 11.7 Å². The minimum absolute atomic E-state index is 0.152. The molecule has 1 aliphatic heterocycles. The molecule has 1 N–H and O–H groups in total. The fraction of sp³-hybridized carbons (Fsp3) is 0.278. The Bertz CT molecular complexity index is 1110. The van der Waals surface area contributed by atoms with E-state index in [1.165, 1.54) is 46.2 Å². The van der Waals surface area contributed by atoms with Gasteiger partial charge in [0, 0.05) is 31.4 Å². The summed E-state index contributed by atoms with van der Waals surface area (Å²) in [5, 5.41) is 3.19. The second-order valence-corrected chi connectivity index (χ2v) is 9.46. The van der Waals surface area contributed by atoms with Crippen molar-refractivity contribution in [2.75, 3.05) is 18.4 Å². The van der Waals surface area contributed by atoms with Crippen molar-refractivity contribution in [1.29, 1.82) is 0 Å². The molecule has 1 aliphatic rings. The van der Waals surface area contributed by atoms with E-state index in [4.69, 9.17) is 0 Å². The van der Waals surface area contributed by atoms with Crippen molar-refractivity contribution in [1.82, 2.24) is 14.3 Å². The minimum Gasteiger partial charge on any atom is -0.302 e. The lowest BCUT2D eigenvalue weighted by Crippen LogP contribution is -2.41. The number of fused-ring (bicyclic) bond motifs is 1. The fourth-order valence-corrected chi connectivity index (χ4v) is 5.49. The molecule has 4 rings (SSSR count). The summed E-state index contributed by atoms with van der Waals surface area (Å²) in [6.45, 7) is 0.529. The Morgan fingerprint density at radius 1 is 1.25 bits per heavy atom. The molecule has 146 valence electrons. The number of nitrogens with zero attached hydrogens (tertiary/aromatic N) is 3. The van der Waals surface area contributed by atoms with Crippen molar-refractivity contribution >= 4 is 42.6 Å². The predicted molar refractivity (Wildman–Crippen MR) is 104 cm³/mol. The summed E-state index contributed by atoms with van der Waals surface area (Å²) >= 11 is 1.21. The third-order valence-electron chi connectivity index (χ3n) is 4.68. The third-order valence-corrected chi connectivity index (χ3v) is 7.49. The Labute approximate surface area is 165 Å². The molecule has 0 bridgehead atoms. The lowest BCUT2D eigenvalue weighted by Gasteiger charge is -2.30. The summed E-state index contributed by atoms with van der Waals surface area (Å²) in [5.74, 6) is -0.849. The molecule has 2 aromatic heterocycles. The van der Waals surface area contributed by atoms with E-state index in [-0.39, 0.29) is 35.6 Å². The number of benzene rings is 1. The number of pyridine rings is 1. The quantitative estimate of drug-likeness (QED) is 0.701. The van der Waals surface area contributed by atoms with E-state index in [1.807, 2.05) is 0 Å². The van der Waals surface area contributed by atoms with Crippen LogP contribution in [0.3, 0.4) is 0 Å². The zero-order valence-corrected chi connectivity index (χ0v) is 16.3. The molecule has 0 aliphatic carbocycles. The van der Waals surface area contributed by atoms with Crippen molar-refractivity contribution in [3.8, 4) is 0 Å². The van der Waals surface area contributed by atoms with Gasteiger partial charge in [0.25, 0.3) is 0 Å². The van der Waals surface area contributed by atoms with Gasteiger partial charge in [0.2, 0.25) is 15.9 Å². The highest BCUT2D eigenvalue weighted by molar-refractivity contribution is 7.89. The number of piperidine rings is 1. The van der Waals surface area contributed by atoms with Gasteiger partial charge in [-0.3, -0.25) is 9.78 Å². The SMILES string of the molecule is O=C(Nc1nc2ccc(F)cc2s1)C1CCN(S(=O)(=O)c2cccnc2)CC1. The van der Waals surface area contributed by atoms with Crippen molar-refractivity contribution in [3.63, 3.8) is 0 Å². The van der Waals surface area contributed by atoms with Gasteiger partial charge in [0.1, 0.15) is 10.7 Å². The first kappa shape index (κ1) is 18.9. The molecule has 1 aromatic carbocycles. The molecular formula is C18H17FN4O3S2. The molecule has 1 saturated heterocycles. The Morgan fingerprint density at radius 3 is 2.75 bits per heavy atom. The summed E-state index contributed by atoms with van der Waals surface area (Å²) in [6.07, 6.45) is 3.69. The summed E-state index contributed by atoms with van der Waals surface area (Å²) < 4.78 is 40.6. The van der Waals surface area contributed by atoms with Crippen molar-refractivity contribution < 1.29 is 17.6 Å². The largest absolute Gasteiger partial charge is 0.302 e. The minimum atomic E-state index is -3.60. The van der Waals surface area contributed by atoms with Crippen LogP contribution >= 0.6 is 11.3 Å². The van der Waals surface area contributed by atoms with Gasteiger partial charge in [0.05, 0.1) is 10.2 Å². The second-order valence-electron chi connectivity index (χ2n) is 6.49. The number of hydrogen-bond acceptors (Lipinski definition) is 6. The molecule has 3 heterocycles. The van der Waals surface area contributed by atoms with Gasteiger partial charge >= 0.3 is 0 Å². The Hall–Kier alpha value is -2.43. The first-order valence-corrected chi connectivity index (χ1v) is 11.0. The van der Waals surface area contributed by atoms with E-state index in [9.17, 15) is 17.6 Å². The summed E-state index contributed by atoms with van der Waals surface area (Å²) in [5.41, 5.74) is 0.624. The molecule has 0 radical (unpaired) electrons. The molecule has 10 heteroatoms. The Kier molecular flexibility index (Phi) is 5.09. The lowest BCUT2D eigenvalue weighted by atomic mass is 9.97. The normalized spacial score (nSPS) is 16.3. The van der Waals surface area contributed by atoms with Crippen LogP contribution in [-0.4, -0.2) is 41.7 Å². The zero-order chi connectivity index (χ0) is 19.7. The van der Waals surface area contributed by atoms with Gasteiger partial charge in [-0.25, -0.2) is 17.8 Å². The highest BCUT2D eigenvalue weighted by Gasteiger charge is 2.32. The maximum atomic E-state index is 13.3. The van der Waals surface area contributed by atoms with Crippen LogP contribution in [0.1, 0.15) is 12.8 Å². The van der Waals surface area contributed by atoms with Gasteiger partial charge in [-0.15, -0.1) is 0 Å². The molecule has 0 atom stereocenters. The van der Waals surface area contributed by atoms with Crippen LogP contribution in [0.5, 0.6) is 0 Å². The number of carbonyl (C=O) groups excluding carboxylic acids is 1. The number of nitrogens with one attached hydrogen (secondary N) is 1. The second kappa shape index (κ2) is 7.53. The van der Waals surface area contributed by atoms with Crippen LogP contribution in [-0.2, 0) is 14.8 Å². The van der Waals surface area contributed by atoms with Crippen LogP contribution in [0.2, 0.25) is 0 Å². The zero-order valence-electron chi connectivity index (χ0n) is 14.7. The average Bonchev–Trinajstić information content (AvgIpc) is 3.10. The van der Waals surface area contributed by atoms with E-state index >= 15 is 0 Å². The number of amides is 1. The van der Waals surface area contributed by atoms with E-state index in [0.717, 1.165) is 0 Å². The molecule has 0 unspecified atom stereocenters. The van der Waals surface area contributed by atoms with E-state index in [2.05, 4.69) is 15.3 Å². The predicted octanol–water partition coefficient (Wildman–Crippen LogP) is 2.87. The highest BCUT2D eigenvalue weighted by Crippen LogP contribution is 2.28. The van der Waals surface area contributed by atoms with Crippen molar-refractivity contribution in [2.45, 2.75) is 17.7 Å². The topological polar surface area (TPSA) is 92.3 Å². The molecule has 1 amide bonds. The van der Waals surface area contributed by atoms with Gasteiger partial charge in [0.15, 0.2) is 5.13 Å². The Balaban J connectivity index is 1.39. The number of aromatic nitrogens is 2. The van der Waals surface area contributed by atoms with Crippen LogP contribution in [0.4, 0.5) is 9.52 Å². The molecule has 0 saturated carbocycles. The average molecular weight is 420 g/mol. The number of rotatable bonds is 4. The Morgan fingerprint density at radius 2 is 2.04 bits per heavy atom. The van der Waals surface area contributed by atoms with E-state index < -0.39 is 10.0 Å². The standard InChI is InChI=1S/C18H17FN4O3S2/c19-13-3-4-15-16(10-13)27-18(21-15)22-17(24)12-5-8-23(9-6-12)28(25,26)14-2-1-7-20-11-14/h1-4,7,10-12H,5-6,8-9H2,(H,21,22,24). The van der Waals surface area contributed by atoms with Crippen LogP contribution in [0.25, 0.3) is 10.2 Å². The molecule has 3 aromatic rings. The van der Waals surface area contributed by atoms with Gasteiger partial charge in [-0.2, -0.15) is 4.31 Å². The lowest BCUT2D eigenvalue weighted by molar-refractivity contribution is -0.120. The number of halogens is 1. The molecule has 0 spiro atoms. The number of anilines is 1. The number of hydrogen-bond donors (Lipinski definition) is 1. The molecule has 28 heavy (non-hydrogen) atoms. The van der Waals surface area contributed by atoms with Crippen LogP contribution in [0.15, 0.2) is 47.6 Å². The summed E-state index contributed by atoms with van der Waals surface area (Å²) in [7, 11) is -3.60. The number of thiazole rings is 1. The van der Waals surface area contributed by atoms with Crippen LogP contribution < -0.4 is 5.32 Å². The monoisotopic (exact) mass is 420 g/mol. The highest BCUT2D eigenvalue weighted by atomic mass is 32.2. The number of sulfonamides is 1. The number of carbonyl (C=O) groups is 1. The van der Waals surface area contributed by atoms with Gasteiger partial charge < -0.3 is 5.32 Å². The molecule has 1 fully saturated rings. The van der Waals surface area contributed by atoms with Crippen molar-refractivity contribution in [3.05, 3.63) is 48.5 Å². The fourth-order valence-electron chi connectivity index (χ4n) is 3.17. The first-order chi connectivity index (χ1) is 13.4. The smallest absolute Gasteiger partial charge is 0.244 e. The maximum Gasteiger partial charge on any atom is 0.244 e. The third kappa shape index (κ3) is 3.75. The summed E-state index contributed by atoms with van der Waals surface area (Å²) in [6, 6.07) is 7.36. The van der Waals surface area contributed by atoms with E-state index in [1.54, 1.807) is 12.1 Å². The first-order valence-electron chi connectivity index (χ1n) is 8.70. The molecular weight excluding hydrogens is 403 g/mol.